The highest BCUT2D eigenvalue weighted by atomic mass is 16.5. The molecule has 2 aliphatic carbocycles. The lowest BCUT2D eigenvalue weighted by Gasteiger charge is -2.31. The van der Waals surface area contributed by atoms with Gasteiger partial charge in [0.2, 0.25) is 0 Å². The van der Waals surface area contributed by atoms with Gasteiger partial charge in [-0.15, -0.1) is 0 Å². The van der Waals surface area contributed by atoms with Gasteiger partial charge in [0.25, 0.3) is 0 Å². The quantitative estimate of drug-likeness (QED) is 0.600. The van der Waals surface area contributed by atoms with Crippen molar-refractivity contribution in [2.45, 2.75) is 77.7 Å². The lowest BCUT2D eigenvalue weighted by Crippen LogP contribution is -2.27. The zero-order valence-electron chi connectivity index (χ0n) is 16.2. The molecule has 2 heteroatoms. The van der Waals surface area contributed by atoms with Crippen LogP contribution in [0.3, 0.4) is 0 Å². The summed E-state index contributed by atoms with van der Waals surface area (Å²) < 4.78 is 5.69. The van der Waals surface area contributed by atoms with Crippen LogP contribution in [0.25, 0.3) is 0 Å². The van der Waals surface area contributed by atoms with Gasteiger partial charge in [-0.25, -0.2) is 0 Å². The normalized spacial score (nSPS) is 26.4. The maximum Gasteiger partial charge on any atom is 0.136 e. The van der Waals surface area contributed by atoms with E-state index in [0.717, 1.165) is 38.5 Å². The molecule has 1 saturated carbocycles. The maximum atomic E-state index is 12.7. The van der Waals surface area contributed by atoms with Crippen molar-refractivity contribution < 1.29 is 9.53 Å². The molecule has 0 aliphatic heterocycles. The third-order valence-electron chi connectivity index (χ3n) is 6.69. The number of unbranched alkanes of at least 4 members (excludes halogenated alkanes) is 2. The summed E-state index contributed by atoms with van der Waals surface area (Å²) in [5.74, 6) is 1.92. The molecule has 0 bridgehead atoms. The van der Waals surface area contributed by atoms with Crippen LogP contribution in [0.5, 0.6) is 0 Å². The molecule has 4 atom stereocenters. The summed E-state index contributed by atoms with van der Waals surface area (Å²) in [4.78, 5) is 12.7. The average Bonchev–Trinajstić information content (AvgIpc) is 2.91. The molecule has 0 N–H and O–H groups in total. The monoisotopic (exact) mass is 342 g/mol. The average molecular weight is 343 g/mol. The van der Waals surface area contributed by atoms with Gasteiger partial charge in [-0.2, -0.15) is 0 Å². The first-order valence-electron chi connectivity index (χ1n) is 10.3. The van der Waals surface area contributed by atoms with Gasteiger partial charge in [0.15, 0.2) is 0 Å². The fraction of sp³-hybridized carbons (Fsp3) is 0.696. The number of hydrogen-bond acceptors (Lipinski definition) is 2. The van der Waals surface area contributed by atoms with Crippen molar-refractivity contribution in [3.05, 3.63) is 34.9 Å². The van der Waals surface area contributed by atoms with Crippen molar-refractivity contribution in [2.75, 3.05) is 7.11 Å². The predicted octanol–water partition coefficient (Wildman–Crippen LogP) is 5.29. The zero-order chi connectivity index (χ0) is 17.8. The van der Waals surface area contributed by atoms with E-state index in [9.17, 15) is 4.79 Å². The molecule has 1 aromatic carbocycles. The number of benzene rings is 1. The number of carbonyl (C=O) groups is 1. The minimum absolute atomic E-state index is 0.266. The van der Waals surface area contributed by atoms with Crippen LogP contribution in [-0.2, 0) is 22.4 Å². The minimum atomic E-state index is 0.266. The fourth-order valence-corrected chi connectivity index (χ4v) is 5.17. The van der Waals surface area contributed by atoms with Crippen molar-refractivity contribution in [3.63, 3.8) is 0 Å². The summed E-state index contributed by atoms with van der Waals surface area (Å²) in [6.45, 7) is 4.45. The van der Waals surface area contributed by atoms with Gasteiger partial charge >= 0.3 is 0 Å². The molecule has 0 amide bonds. The number of fused-ring (bicyclic) bond motifs is 2. The Bertz CT molecular complexity index is 592. The highest BCUT2D eigenvalue weighted by molar-refractivity contribution is 5.84. The Morgan fingerprint density at radius 3 is 2.76 bits per heavy atom. The lowest BCUT2D eigenvalue weighted by molar-refractivity contribution is -0.121. The molecule has 1 fully saturated rings. The number of carbonyl (C=O) groups excluding carboxylic acids is 1. The van der Waals surface area contributed by atoms with Crippen LogP contribution in [0.1, 0.15) is 68.6 Å². The molecule has 2 nitrogen and oxygen atoms in total. The first-order valence-corrected chi connectivity index (χ1v) is 10.3. The molecule has 1 aromatic rings. The number of rotatable bonds is 8. The van der Waals surface area contributed by atoms with Crippen LogP contribution < -0.4 is 0 Å². The molecule has 138 valence electrons. The topological polar surface area (TPSA) is 26.3 Å². The first kappa shape index (κ1) is 18.6. The second-order valence-electron chi connectivity index (χ2n) is 8.25. The third kappa shape index (κ3) is 4.16. The fourth-order valence-electron chi connectivity index (χ4n) is 5.17. The standard InChI is InChI=1S/C23H34O2/c1-4-5-6-10-19(25-3)11-12-20-22-13-17-9-7-8-16(2)21(17)14-18(22)15-23(20)24/h7-9,18-20,22H,4-6,10-15H2,1-3H3/t18-,19+,20-,22-/m1/s1. The van der Waals surface area contributed by atoms with Crippen molar-refractivity contribution in [3.8, 4) is 0 Å². The lowest BCUT2D eigenvalue weighted by atomic mass is 9.73. The van der Waals surface area contributed by atoms with Crippen LogP contribution in [0, 0.1) is 24.7 Å². The van der Waals surface area contributed by atoms with Crippen LogP contribution >= 0.6 is 0 Å². The SMILES string of the molecule is CCCCC[C@@H](CC[C@H]1C(=O)C[C@H]2Cc3c(C)cccc3C[C@H]21)OC. The van der Waals surface area contributed by atoms with Gasteiger partial charge in [0.1, 0.15) is 5.78 Å². The van der Waals surface area contributed by atoms with Gasteiger partial charge in [-0.3, -0.25) is 4.79 Å². The predicted molar refractivity (Wildman–Crippen MR) is 103 cm³/mol. The van der Waals surface area contributed by atoms with E-state index in [4.69, 9.17) is 4.74 Å². The molecule has 25 heavy (non-hydrogen) atoms. The van der Waals surface area contributed by atoms with E-state index in [1.54, 1.807) is 0 Å². The van der Waals surface area contributed by atoms with Crippen molar-refractivity contribution in [1.29, 1.82) is 0 Å². The minimum Gasteiger partial charge on any atom is -0.381 e. The van der Waals surface area contributed by atoms with E-state index >= 15 is 0 Å². The summed E-state index contributed by atoms with van der Waals surface area (Å²) in [6.07, 6.45) is 10.3. The van der Waals surface area contributed by atoms with Crippen LogP contribution in [0.15, 0.2) is 18.2 Å². The molecule has 0 saturated heterocycles. The summed E-state index contributed by atoms with van der Waals surface area (Å²) in [6, 6.07) is 6.67. The molecule has 2 aliphatic rings. The molecule has 0 spiro atoms. The van der Waals surface area contributed by atoms with Crippen molar-refractivity contribution in [1.82, 2.24) is 0 Å². The summed E-state index contributed by atoms with van der Waals surface area (Å²) in [7, 11) is 1.83. The number of aryl methyl sites for hydroxylation is 1. The smallest absolute Gasteiger partial charge is 0.136 e. The number of ether oxygens (including phenoxy) is 1. The highest BCUT2D eigenvalue weighted by Crippen LogP contribution is 2.45. The van der Waals surface area contributed by atoms with Crippen LogP contribution in [0.4, 0.5) is 0 Å². The zero-order valence-corrected chi connectivity index (χ0v) is 16.2. The van der Waals surface area contributed by atoms with Crippen LogP contribution in [0.2, 0.25) is 0 Å². The van der Waals surface area contributed by atoms with Gasteiger partial charge < -0.3 is 4.74 Å². The molecule has 0 radical (unpaired) electrons. The Balaban J connectivity index is 1.62. The van der Waals surface area contributed by atoms with E-state index in [2.05, 4.69) is 32.0 Å². The molecule has 0 aromatic heterocycles. The molecular weight excluding hydrogens is 308 g/mol. The Morgan fingerprint density at radius 2 is 2.00 bits per heavy atom. The van der Waals surface area contributed by atoms with E-state index in [-0.39, 0.29) is 5.92 Å². The van der Waals surface area contributed by atoms with Gasteiger partial charge in [-0.1, -0.05) is 44.4 Å². The van der Waals surface area contributed by atoms with E-state index in [1.165, 1.54) is 36.0 Å². The van der Waals surface area contributed by atoms with Gasteiger partial charge in [0.05, 0.1) is 6.10 Å². The van der Waals surface area contributed by atoms with Crippen molar-refractivity contribution in [2.24, 2.45) is 17.8 Å². The third-order valence-corrected chi connectivity index (χ3v) is 6.69. The van der Waals surface area contributed by atoms with Gasteiger partial charge in [0, 0.05) is 19.4 Å². The number of hydrogen-bond donors (Lipinski definition) is 0. The van der Waals surface area contributed by atoms with Crippen LogP contribution in [-0.4, -0.2) is 19.0 Å². The number of Topliss-reactive ketones (excluding diaryl/α,β-unsaturated/α-hetero) is 1. The van der Waals surface area contributed by atoms with E-state index in [1.807, 2.05) is 7.11 Å². The van der Waals surface area contributed by atoms with E-state index < -0.39 is 0 Å². The molecule has 0 unspecified atom stereocenters. The second-order valence-corrected chi connectivity index (χ2v) is 8.25. The molecule has 3 rings (SSSR count). The Hall–Kier alpha value is -1.15. The number of ketones is 1. The molecular formula is C23H34O2. The number of methoxy groups -OCH3 is 1. The second kappa shape index (κ2) is 8.49. The first-order chi connectivity index (χ1) is 12.1. The maximum absolute atomic E-state index is 12.7. The summed E-state index contributed by atoms with van der Waals surface area (Å²) >= 11 is 0. The summed E-state index contributed by atoms with van der Waals surface area (Å²) in [5.41, 5.74) is 4.42. The highest BCUT2D eigenvalue weighted by Gasteiger charge is 2.44. The Labute approximate surface area is 153 Å². The van der Waals surface area contributed by atoms with Crippen molar-refractivity contribution >= 4 is 5.78 Å². The molecule has 0 heterocycles. The van der Waals surface area contributed by atoms with E-state index in [0.29, 0.717) is 23.7 Å². The Morgan fingerprint density at radius 1 is 1.16 bits per heavy atom. The van der Waals surface area contributed by atoms with Gasteiger partial charge in [-0.05, 0) is 67.6 Å². The summed E-state index contributed by atoms with van der Waals surface area (Å²) in [5, 5.41) is 0. The largest absolute Gasteiger partial charge is 0.381 e. The Kier molecular flexibility index (Phi) is 6.33.